The van der Waals surface area contributed by atoms with Crippen molar-refractivity contribution in [1.82, 2.24) is 4.98 Å². The third kappa shape index (κ3) is 3.95. The lowest BCUT2D eigenvalue weighted by atomic mass is 10.1. The number of hydrogen-bond acceptors (Lipinski definition) is 6. The zero-order valence-corrected chi connectivity index (χ0v) is 14.5. The Hall–Kier alpha value is -2.93. The van der Waals surface area contributed by atoms with Gasteiger partial charge in [0.25, 0.3) is 0 Å². The molecule has 0 saturated carbocycles. The maximum atomic E-state index is 11.0. The number of carboxylic acid groups (broad SMARTS) is 1. The van der Waals surface area contributed by atoms with Crippen molar-refractivity contribution in [1.29, 1.82) is 0 Å². The minimum absolute atomic E-state index is 0.162. The Kier molecular flexibility index (Phi) is 4.95. The van der Waals surface area contributed by atoms with Crippen LogP contribution in [0.3, 0.4) is 0 Å². The summed E-state index contributed by atoms with van der Waals surface area (Å²) in [5.74, 6) is -0.0242. The molecule has 1 heterocycles. The van der Waals surface area contributed by atoms with E-state index >= 15 is 0 Å². The average Bonchev–Trinajstić information content (AvgIpc) is 3.09. The van der Waals surface area contributed by atoms with E-state index in [2.05, 4.69) is 9.71 Å². The summed E-state index contributed by atoms with van der Waals surface area (Å²) in [6.45, 7) is 2.02. The van der Waals surface area contributed by atoms with Gasteiger partial charge in [0.05, 0.1) is 18.4 Å². The Morgan fingerprint density at radius 3 is 2.68 bits per heavy atom. The molecule has 0 spiro atoms. The topological polar surface area (TPSA) is 84.6 Å². The number of oxazole rings is 1. The molecule has 3 aromatic rings. The smallest absolute Gasteiger partial charge is 0.335 e. The lowest BCUT2D eigenvalue weighted by Crippen LogP contribution is -1.99. The van der Waals surface area contributed by atoms with Crippen LogP contribution in [0.15, 0.2) is 58.2 Å². The highest BCUT2D eigenvalue weighted by Gasteiger charge is 2.11. The number of anilines is 1. The molecule has 0 aliphatic carbocycles. The Balaban J connectivity index is 1.72. The van der Waals surface area contributed by atoms with Crippen LogP contribution in [0.2, 0.25) is 0 Å². The van der Waals surface area contributed by atoms with Gasteiger partial charge in [-0.1, -0.05) is 17.7 Å². The number of benzene rings is 2. The molecule has 0 atom stereocenters. The Morgan fingerprint density at radius 2 is 2.00 bits per heavy atom. The summed E-state index contributed by atoms with van der Waals surface area (Å²) in [6, 6.07) is 12.5. The summed E-state index contributed by atoms with van der Waals surface area (Å²) in [7, 11) is 1.49. The molecule has 0 aliphatic heterocycles. The van der Waals surface area contributed by atoms with Gasteiger partial charge >= 0.3 is 5.97 Å². The first-order valence-electron chi connectivity index (χ1n) is 7.43. The Morgan fingerprint density at radius 1 is 1.24 bits per heavy atom. The fourth-order valence-electron chi connectivity index (χ4n) is 2.15. The van der Waals surface area contributed by atoms with Crippen LogP contribution < -0.4 is 9.46 Å². The molecule has 6 nitrogen and oxygen atoms in total. The number of aromatic nitrogens is 1. The number of nitrogens with zero attached hydrogens (tertiary/aromatic N) is 1. The first kappa shape index (κ1) is 16.9. The number of aromatic carboxylic acids is 1. The molecule has 7 heteroatoms. The Bertz CT molecular complexity index is 890. The first-order chi connectivity index (χ1) is 12.1. The van der Waals surface area contributed by atoms with Crippen molar-refractivity contribution >= 4 is 23.6 Å². The summed E-state index contributed by atoms with van der Waals surface area (Å²) in [5, 5.41) is 9.68. The fourth-order valence-corrected chi connectivity index (χ4v) is 2.76. The van der Waals surface area contributed by atoms with Crippen LogP contribution in [-0.2, 0) is 0 Å². The molecule has 0 unspecified atom stereocenters. The van der Waals surface area contributed by atoms with Crippen molar-refractivity contribution in [2.75, 3.05) is 11.8 Å². The fraction of sp³-hybridized carbons (Fsp3) is 0.111. The molecular formula is C18H16N2O4S. The zero-order chi connectivity index (χ0) is 17.8. The molecule has 0 saturated heterocycles. The van der Waals surface area contributed by atoms with Crippen LogP contribution in [0.1, 0.15) is 15.9 Å². The summed E-state index contributed by atoms with van der Waals surface area (Å²) in [5.41, 5.74) is 2.89. The third-order valence-corrected chi connectivity index (χ3v) is 4.21. The van der Waals surface area contributed by atoms with E-state index in [0.29, 0.717) is 22.4 Å². The van der Waals surface area contributed by atoms with Crippen LogP contribution >= 0.6 is 11.9 Å². The van der Waals surface area contributed by atoms with Crippen LogP contribution in [0.4, 0.5) is 5.69 Å². The number of carboxylic acids is 1. The van der Waals surface area contributed by atoms with Gasteiger partial charge in [-0.2, -0.15) is 0 Å². The van der Waals surface area contributed by atoms with E-state index in [4.69, 9.17) is 14.3 Å². The number of methoxy groups -OCH3 is 1. The van der Waals surface area contributed by atoms with E-state index in [9.17, 15) is 4.79 Å². The number of ether oxygens (including phenoxy) is 1. The highest BCUT2D eigenvalue weighted by molar-refractivity contribution is 8.00. The van der Waals surface area contributed by atoms with E-state index in [-0.39, 0.29) is 5.56 Å². The third-order valence-electron chi connectivity index (χ3n) is 3.50. The van der Waals surface area contributed by atoms with Gasteiger partial charge in [0, 0.05) is 17.5 Å². The van der Waals surface area contributed by atoms with Crippen molar-refractivity contribution in [2.24, 2.45) is 0 Å². The lowest BCUT2D eigenvalue weighted by molar-refractivity contribution is 0.0696. The zero-order valence-electron chi connectivity index (χ0n) is 13.6. The molecule has 0 bridgehead atoms. The summed E-state index contributed by atoms with van der Waals surface area (Å²) >= 11 is 1.25. The molecule has 0 aliphatic rings. The number of hydrogen-bond donors (Lipinski definition) is 2. The van der Waals surface area contributed by atoms with Crippen molar-refractivity contribution in [3.8, 4) is 17.2 Å². The second kappa shape index (κ2) is 7.31. The Labute approximate surface area is 149 Å². The van der Waals surface area contributed by atoms with Gasteiger partial charge in [-0.05, 0) is 37.3 Å². The molecule has 1 aromatic heterocycles. The van der Waals surface area contributed by atoms with Gasteiger partial charge < -0.3 is 19.0 Å². The van der Waals surface area contributed by atoms with Gasteiger partial charge in [-0.3, -0.25) is 0 Å². The molecule has 0 fully saturated rings. The van der Waals surface area contributed by atoms with Gasteiger partial charge in [0.2, 0.25) is 5.89 Å². The predicted octanol–water partition coefficient (Wildman–Crippen LogP) is 4.48. The summed E-state index contributed by atoms with van der Waals surface area (Å²) in [6.07, 6.45) is 1.56. The minimum atomic E-state index is -1.00. The molecule has 2 N–H and O–H groups in total. The maximum Gasteiger partial charge on any atom is 0.335 e. The van der Waals surface area contributed by atoms with E-state index < -0.39 is 5.97 Å². The van der Waals surface area contributed by atoms with Crippen molar-refractivity contribution in [3.05, 3.63) is 59.9 Å². The summed E-state index contributed by atoms with van der Waals surface area (Å²) < 4.78 is 13.8. The predicted molar refractivity (Wildman–Crippen MR) is 96.1 cm³/mol. The maximum absolute atomic E-state index is 11.0. The standard InChI is InChI=1S/C18H16N2O4S/c1-11-3-5-12(6-4-11)17-19-16(10-24-17)25-20-14-8-7-13(18(21)22)9-15(14)23-2/h3-10,20H,1-2H3,(H,21,22). The van der Waals surface area contributed by atoms with E-state index in [1.165, 1.54) is 36.8 Å². The second-order valence-corrected chi connectivity index (χ2v) is 6.11. The number of carbonyl (C=O) groups is 1. The number of rotatable bonds is 6. The SMILES string of the molecule is COc1cc(C(=O)O)ccc1NSc1coc(-c2ccc(C)cc2)n1. The number of nitrogens with one attached hydrogen (secondary N) is 1. The lowest BCUT2D eigenvalue weighted by Gasteiger charge is -2.09. The largest absolute Gasteiger partial charge is 0.495 e. The van der Waals surface area contributed by atoms with Crippen LogP contribution in [-0.4, -0.2) is 23.2 Å². The minimum Gasteiger partial charge on any atom is -0.495 e. The highest BCUT2D eigenvalue weighted by atomic mass is 32.2. The van der Waals surface area contributed by atoms with Crippen LogP contribution in [0.5, 0.6) is 5.75 Å². The van der Waals surface area contributed by atoms with Gasteiger partial charge in [0.15, 0.2) is 5.03 Å². The van der Waals surface area contributed by atoms with E-state index in [0.717, 1.165) is 5.56 Å². The molecule has 25 heavy (non-hydrogen) atoms. The summed E-state index contributed by atoms with van der Waals surface area (Å²) in [4.78, 5) is 15.4. The molecular weight excluding hydrogens is 340 g/mol. The molecule has 0 radical (unpaired) electrons. The van der Waals surface area contributed by atoms with Gasteiger partial charge in [-0.15, -0.1) is 0 Å². The van der Waals surface area contributed by atoms with Gasteiger partial charge in [-0.25, -0.2) is 9.78 Å². The first-order valence-corrected chi connectivity index (χ1v) is 8.25. The highest BCUT2D eigenvalue weighted by Crippen LogP contribution is 2.31. The molecule has 0 amide bonds. The van der Waals surface area contributed by atoms with Crippen molar-refractivity contribution in [2.45, 2.75) is 11.9 Å². The molecule has 2 aromatic carbocycles. The van der Waals surface area contributed by atoms with Crippen LogP contribution in [0, 0.1) is 6.92 Å². The van der Waals surface area contributed by atoms with Gasteiger partial charge in [0.1, 0.15) is 12.0 Å². The van der Waals surface area contributed by atoms with Crippen molar-refractivity contribution < 1.29 is 19.1 Å². The molecule has 3 rings (SSSR count). The second-order valence-electron chi connectivity index (χ2n) is 5.28. The monoisotopic (exact) mass is 356 g/mol. The number of aryl methyl sites for hydroxylation is 1. The van der Waals surface area contributed by atoms with Crippen LogP contribution in [0.25, 0.3) is 11.5 Å². The molecule has 128 valence electrons. The van der Waals surface area contributed by atoms with Crippen molar-refractivity contribution in [3.63, 3.8) is 0 Å². The van der Waals surface area contributed by atoms with E-state index in [1.807, 2.05) is 31.2 Å². The quantitative estimate of drug-likeness (QED) is 0.630. The van der Waals surface area contributed by atoms with E-state index in [1.54, 1.807) is 12.3 Å². The normalized spacial score (nSPS) is 10.5. The average molecular weight is 356 g/mol.